The minimum absolute atomic E-state index is 0.0479. The van der Waals surface area contributed by atoms with Crippen molar-refractivity contribution in [1.82, 2.24) is 40.0 Å². The Balaban J connectivity index is 1.60. The van der Waals surface area contributed by atoms with Crippen LogP contribution in [0.3, 0.4) is 0 Å². The van der Waals surface area contributed by atoms with Crippen molar-refractivity contribution >= 4 is 5.91 Å². The average Bonchev–Trinajstić information content (AvgIpc) is 3.67. The number of aliphatic hydroxyl groups excluding tert-OH is 1. The second kappa shape index (κ2) is 11.5. The van der Waals surface area contributed by atoms with Crippen LogP contribution in [0.25, 0.3) is 11.3 Å². The van der Waals surface area contributed by atoms with E-state index in [0.29, 0.717) is 26.2 Å². The summed E-state index contributed by atoms with van der Waals surface area (Å²) >= 11 is 0. The molecule has 0 saturated carbocycles. The van der Waals surface area contributed by atoms with Crippen LogP contribution < -0.4 is 5.32 Å². The van der Waals surface area contributed by atoms with Gasteiger partial charge in [0.2, 0.25) is 5.91 Å². The van der Waals surface area contributed by atoms with Crippen molar-refractivity contribution in [2.24, 2.45) is 11.3 Å². The third-order valence-electron chi connectivity index (χ3n) is 7.17. The molecule has 3 atom stereocenters. The van der Waals surface area contributed by atoms with E-state index in [-0.39, 0.29) is 29.8 Å². The van der Waals surface area contributed by atoms with Crippen molar-refractivity contribution in [2.45, 2.75) is 46.0 Å². The number of hydrogen-bond acceptors (Lipinski definition) is 7. The van der Waals surface area contributed by atoms with Crippen LogP contribution in [-0.2, 0) is 17.9 Å². The number of hydrogen-bond donors (Lipinski definition) is 2. The maximum Gasteiger partial charge on any atom is 0.246 e. The van der Waals surface area contributed by atoms with E-state index in [1.54, 1.807) is 0 Å². The number of carbonyl (C=O) groups is 1. The number of nitrogens with zero attached hydrogens (tertiary/aromatic N) is 7. The maximum atomic E-state index is 14.0. The van der Waals surface area contributed by atoms with Gasteiger partial charge in [-0.3, -0.25) is 4.79 Å². The van der Waals surface area contributed by atoms with Gasteiger partial charge in [0.05, 0.1) is 17.8 Å². The molecule has 2 N–H and O–H groups in total. The van der Waals surface area contributed by atoms with E-state index in [0.717, 1.165) is 22.6 Å². The quantitative estimate of drug-likeness (QED) is 0.343. The van der Waals surface area contributed by atoms with E-state index in [9.17, 15) is 9.90 Å². The SMILES string of the molecule is CC(C)(C)[C@H](c1nc(-c2ccccc2)cn1Cc1ccccc1)N(C[C@@H]1CNC[C@H]1O)C(=O)Cn1ncnn1. The molecule has 0 aliphatic carbocycles. The minimum Gasteiger partial charge on any atom is -0.391 e. The van der Waals surface area contributed by atoms with Gasteiger partial charge in [-0.2, -0.15) is 4.80 Å². The van der Waals surface area contributed by atoms with E-state index < -0.39 is 6.10 Å². The summed E-state index contributed by atoms with van der Waals surface area (Å²) in [6.07, 6.45) is 2.86. The number of nitrogens with one attached hydrogen (secondary N) is 1. The normalized spacial score (nSPS) is 18.3. The number of imidazole rings is 1. The smallest absolute Gasteiger partial charge is 0.246 e. The molecule has 0 unspecified atom stereocenters. The molecule has 0 bridgehead atoms. The molecular formula is C29H36N8O2. The Hall–Kier alpha value is -3.89. The van der Waals surface area contributed by atoms with Gasteiger partial charge in [-0.15, -0.1) is 10.2 Å². The largest absolute Gasteiger partial charge is 0.391 e. The summed E-state index contributed by atoms with van der Waals surface area (Å²) in [5.74, 6) is 0.543. The van der Waals surface area contributed by atoms with Gasteiger partial charge in [0.25, 0.3) is 0 Å². The van der Waals surface area contributed by atoms with E-state index in [1.165, 1.54) is 11.1 Å². The van der Waals surface area contributed by atoms with Gasteiger partial charge in [0.1, 0.15) is 12.4 Å². The van der Waals surface area contributed by atoms with Crippen molar-refractivity contribution in [2.75, 3.05) is 19.6 Å². The van der Waals surface area contributed by atoms with E-state index in [4.69, 9.17) is 4.98 Å². The summed E-state index contributed by atoms with van der Waals surface area (Å²) in [5.41, 5.74) is 2.63. The lowest BCUT2D eigenvalue weighted by Crippen LogP contribution is -2.47. The van der Waals surface area contributed by atoms with Gasteiger partial charge in [-0.25, -0.2) is 4.98 Å². The first-order chi connectivity index (χ1) is 18.8. The highest BCUT2D eigenvalue weighted by molar-refractivity contribution is 5.76. The molecule has 1 aliphatic heterocycles. The van der Waals surface area contributed by atoms with Gasteiger partial charge < -0.3 is 19.9 Å². The highest BCUT2D eigenvalue weighted by Gasteiger charge is 2.41. The molecule has 1 aliphatic rings. The number of amides is 1. The van der Waals surface area contributed by atoms with Crippen LogP contribution in [0, 0.1) is 11.3 Å². The van der Waals surface area contributed by atoms with Crippen molar-refractivity contribution in [1.29, 1.82) is 0 Å². The first-order valence-electron chi connectivity index (χ1n) is 13.3. The van der Waals surface area contributed by atoms with Crippen molar-refractivity contribution in [3.05, 3.63) is 84.6 Å². The monoisotopic (exact) mass is 528 g/mol. The van der Waals surface area contributed by atoms with E-state index in [1.807, 2.05) is 53.4 Å². The number of benzene rings is 2. The van der Waals surface area contributed by atoms with E-state index >= 15 is 0 Å². The van der Waals surface area contributed by atoms with Crippen molar-refractivity contribution in [3.63, 3.8) is 0 Å². The number of aliphatic hydroxyl groups is 1. The Morgan fingerprint density at radius 2 is 1.82 bits per heavy atom. The fourth-order valence-electron chi connectivity index (χ4n) is 5.28. The Bertz CT molecular complexity index is 1350. The lowest BCUT2D eigenvalue weighted by Gasteiger charge is -2.41. The number of aromatic nitrogens is 6. The standard InChI is InChI=1S/C29H36N8O2/c1-29(2,3)27(36(17-23-14-30-15-25(23)38)26(39)19-37-32-20-31-34-37)28-33-24(22-12-8-5-9-13-22)18-35(28)16-21-10-6-4-7-11-21/h4-13,18,20,23,25,27,30,38H,14-17,19H2,1-3H3/t23-,25+,27-/m0/s1. The van der Waals surface area contributed by atoms with Crippen LogP contribution in [-0.4, -0.2) is 71.4 Å². The Kier molecular flexibility index (Phi) is 7.85. The van der Waals surface area contributed by atoms with E-state index in [2.05, 4.69) is 64.4 Å². The average molecular weight is 529 g/mol. The lowest BCUT2D eigenvalue weighted by atomic mass is 9.84. The Morgan fingerprint density at radius 3 is 2.44 bits per heavy atom. The topological polar surface area (TPSA) is 114 Å². The molecule has 4 aromatic rings. The van der Waals surface area contributed by atoms with Gasteiger partial charge >= 0.3 is 0 Å². The number of rotatable bonds is 9. The highest BCUT2D eigenvalue weighted by atomic mass is 16.3. The summed E-state index contributed by atoms with van der Waals surface area (Å²) < 4.78 is 2.16. The van der Waals surface area contributed by atoms with Gasteiger partial charge in [-0.1, -0.05) is 81.4 Å². The number of β-amino-alcohol motifs (C(OH)–C–C–N with tert-alkyl or cyclic N) is 1. The fraction of sp³-hybridized carbons (Fsp3) is 0.414. The van der Waals surface area contributed by atoms with Crippen LogP contribution in [0.1, 0.15) is 38.2 Å². The molecule has 10 nitrogen and oxygen atoms in total. The first kappa shape index (κ1) is 26.7. The highest BCUT2D eigenvalue weighted by Crippen LogP contribution is 2.40. The molecule has 2 aromatic carbocycles. The summed E-state index contributed by atoms with van der Waals surface area (Å²) in [6, 6.07) is 20.0. The van der Waals surface area contributed by atoms with Crippen LogP contribution in [0.2, 0.25) is 0 Å². The minimum atomic E-state index is -0.533. The van der Waals surface area contributed by atoms with Crippen LogP contribution >= 0.6 is 0 Å². The zero-order valence-corrected chi connectivity index (χ0v) is 22.7. The van der Waals surface area contributed by atoms with Crippen molar-refractivity contribution in [3.8, 4) is 11.3 Å². The molecule has 5 rings (SSSR count). The zero-order chi connectivity index (χ0) is 27.4. The third kappa shape index (κ3) is 6.23. The van der Waals surface area contributed by atoms with Crippen LogP contribution in [0.4, 0.5) is 0 Å². The molecule has 204 valence electrons. The van der Waals surface area contributed by atoms with Crippen molar-refractivity contribution < 1.29 is 9.90 Å². The molecule has 1 amide bonds. The Morgan fingerprint density at radius 1 is 1.10 bits per heavy atom. The fourth-order valence-corrected chi connectivity index (χ4v) is 5.28. The number of tetrazole rings is 1. The number of carbonyl (C=O) groups excluding carboxylic acids is 1. The summed E-state index contributed by atoms with van der Waals surface area (Å²) in [7, 11) is 0. The maximum absolute atomic E-state index is 14.0. The molecule has 2 aromatic heterocycles. The van der Waals surface area contributed by atoms with Gasteiger partial charge in [-0.05, 0) is 16.2 Å². The summed E-state index contributed by atoms with van der Waals surface area (Å²) in [6.45, 7) is 8.46. The first-order valence-corrected chi connectivity index (χ1v) is 13.3. The summed E-state index contributed by atoms with van der Waals surface area (Å²) in [4.78, 5) is 22.3. The molecule has 1 saturated heterocycles. The second-order valence-electron chi connectivity index (χ2n) is 11.2. The third-order valence-corrected chi connectivity index (χ3v) is 7.17. The molecule has 0 spiro atoms. The van der Waals surface area contributed by atoms with Crippen LogP contribution in [0.15, 0.2) is 73.2 Å². The van der Waals surface area contributed by atoms with Crippen LogP contribution in [0.5, 0.6) is 0 Å². The molecule has 3 heterocycles. The molecule has 0 radical (unpaired) electrons. The molecule has 39 heavy (non-hydrogen) atoms. The zero-order valence-electron chi connectivity index (χ0n) is 22.7. The predicted octanol–water partition coefficient (Wildman–Crippen LogP) is 2.78. The van der Waals surface area contributed by atoms with Gasteiger partial charge in [0, 0.05) is 43.9 Å². The lowest BCUT2D eigenvalue weighted by molar-refractivity contribution is -0.139. The molecule has 1 fully saturated rings. The predicted molar refractivity (Wildman–Crippen MR) is 147 cm³/mol. The molecular weight excluding hydrogens is 492 g/mol. The Labute approximate surface area is 228 Å². The van der Waals surface area contributed by atoms with Gasteiger partial charge in [0.15, 0.2) is 6.33 Å². The second-order valence-corrected chi connectivity index (χ2v) is 11.2. The molecule has 10 heteroatoms. The summed E-state index contributed by atoms with van der Waals surface area (Å²) in [5, 5.41) is 25.7.